The summed E-state index contributed by atoms with van der Waals surface area (Å²) in [5, 5.41) is 9.96. The molecule has 0 aromatic heterocycles. The molecule has 0 saturated carbocycles. The van der Waals surface area contributed by atoms with Crippen LogP contribution in [-0.4, -0.2) is 24.5 Å². The van der Waals surface area contributed by atoms with E-state index in [4.69, 9.17) is 11.5 Å². The molecule has 2 rings (SSSR count). The van der Waals surface area contributed by atoms with Crippen molar-refractivity contribution < 1.29 is 9.50 Å². The van der Waals surface area contributed by atoms with E-state index in [2.05, 4.69) is 11.9 Å². The molecule has 5 heteroatoms. The number of phenols is 1. The standard InChI is InChI=1S/C15H15FN2O.C3H9N/c1-9-13(15(17)18-2)7-11(8-14(9)19)10-3-5-12(16)6-4-10;1-2-3-4/h3-8,19H,1-2H3,(H2,17,18);2-4H2,1H3. The molecule has 0 spiro atoms. The van der Waals surface area contributed by atoms with E-state index in [1.165, 1.54) is 12.1 Å². The average Bonchev–Trinajstić information content (AvgIpc) is 2.57. The van der Waals surface area contributed by atoms with E-state index >= 15 is 0 Å². The summed E-state index contributed by atoms with van der Waals surface area (Å²) < 4.78 is 12.9. The average molecular weight is 317 g/mol. The summed E-state index contributed by atoms with van der Waals surface area (Å²) in [4.78, 5) is 3.93. The first-order valence-corrected chi connectivity index (χ1v) is 7.46. The van der Waals surface area contributed by atoms with Crippen molar-refractivity contribution in [3.8, 4) is 16.9 Å². The summed E-state index contributed by atoms with van der Waals surface area (Å²) in [7, 11) is 1.59. The Labute approximate surface area is 136 Å². The lowest BCUT2D eigenvalue weighted by molar-refractivity contribution is 0.471. The molecule has 0 atom stereocenters. The van der Waals surface area contributed by atoms with Crippen molar-refractivity contribution >= 4 is 5.84 Å². The fraction of sp³-hybridized carbons (Fsp3) is 0.278. The van der Waals surface area contributed by atoms with E-state index in [1.54, 1.807) is 32.2 Å². The maximum absolute atomic E-state index is 12.9. The van der Waals surface area contributed by atoms with Gasteiger partial charge in [-0.25, -0.2) is 4.39 Å². The smallest absolute Gasteiger partial charge is 0.125 e. The summed E-state index contributed by atoms with van der Waals surface area (Å²) in [6, 6.07) is 9.54. The largest absolute Gasteiger partial charge is 0.508 e. The Kier molecular flexibility index (Phi) is 7.22. The molecule has 0 aliphatic rings. The van der Waals surface area contributed by atoms with Gasteiger partial charge in [-0.1, -0.05) is 19.1 Å². The molecule has 0 unspecified atom stereocenters. The molecule has 0 heterocycles. The molecule has 2 aromatic carbocycles. The predicted octanol–water partition coefficient (Wildman–Crippen LogP) is 3.20. The minimum atomic E-state index is -0.296. The first-order chi connectivity index (χ1) is 10.9. The topological polar surface area (TPSA) is 84.6 Å². The van der Waals surface area contributed by atoms with Crippen molar-refractivity contribution in [2.45, 2.75) is 20.3 Å². The van der Waals surface area contributed by atoms with Crippen LogP contribution in [0.4, 0.5) is 4.39 Å². The van der Waals surface area contributed by atoms with Gasteiger partial charge in [0.05, 0.1) is 0 Å². The zero-order chi connectivity index (χ0) is 17.4. The van der Waals surface area contributed by atoms with E-state index in [0.717, 1.165) is 24.1 Å². The molecule has 5 N–H and O–H groups in total. The van der Waals surface area contributed by atoms with Crippen molar-refractivity contribution in [2.75, 3.05) is 13.6 Å². The summed E-state index contributed by atoms with van der Waals surface area (Å²) in [5.41, 5.74) is 13.8. The van der Waals surface area contributed by atoms with Crippen LogP contribution >= 0.6 is 0 Å². The molecule has 0 fully saturated rings. The minimum Gasteiger partial charge on any atom is -0.508 e. The van der Waals surface area contributed by atoms with Crippen LogP contribution in [0.5, 0.6) is 5.75 Å². The van der Waals surface area contributed by atoms with Crippen LogP contribution in [-0.2, 0) is 0 Å². The molecule has 124 valence electrons. The third kappa shape index (κ3) is 5.07. The van der Waals surface area contributed by atoms with E-state index < -0.39 is 0 Å². The highest BCUT2D eigenvalue weighted by atomic mass is 19.1. The molecular formula is C18H24FN3O. The van der Waals surface area contributed by atoms with E-state index in [0.29, 0.717) is 17.0 Å². The Bertz CT molecular complexity index is 665. The molecule has 0 radical (unpaired) electrons. The van der Waals surface area contributed by atoms with Crippen LogP contribution in [0.3, 0.4) is 0 Å². The minimum absolute atomic E-state index is 0.142. The number of nitrogens with zero attached hydrogens (tertiary/aromatic N) is 1. The number of amidine groups is 1. The van der Waals surface area contributed by atoms with Gasteiger partial charge in [-0.2, -0.15) is 0 Å². The normalized spacial score (nSPS) is 10.9. The number of nitrogens with two attached hydrogens (primary N) is 2. The lowest BCUT2D eigenvalue weighted by Gasteiger charge is -2.11. The van der Waals surface area contributed by atoms with Crippen molar-refractivity contribution in [2.24, 2.45) is 16.5 Å². The van der Waals surface area contributed by atoms with Crippen LogP contribution in [0.1, 0.15) is 24.5 Å². The van der Waals surface area contributed by atoms with Crippen molar-refractivity contribution in [3.05, 3.63) is 53.3 Å². The quantitative estimate of drug-likeness (QED) is 0.600. The van der Waals surface area contributed by atoms with Crippen LogP contribution in [0.25, 0.3) is 11.1 Å². The van der Waals surface area contributed by atoms with Gasteiger partial charge in [0.2, 0.25) is 0 Å². The number of rotatable bonds is 3. The fourth-order valence-electron chi connectivity index (χ4n) is 1.89. The molecule has 23 heavy (non-hydrogen) atoms. The molecule has 0 saturated heterocycles. The van der Waals surface area contributed by atoms with Crippen LogP contribution in [0, 0.1) is 12.7 Å². The monoisotopic (exact) mass is 317 g/mol. The SMILES string of the molecule is CCCN.CN=C(N)c1cc(-c2ccc(F)cc2)cc(O)c1C. The van der Waals surface area contributed by atoms with E-state index in [9.17, 15) is 9.50 Å². The lowest BCUT2D eigenvalue weighted by atomic mass is 9.98. The second-order valence-electron chi connectivity index (χ2n) is 5.07. The van der Waals surface area contributed by atoms with Gasteiger partial charge >= 0.3 is 0 Å². The summed E-state index contributed by atoms with van der Waals surface area (Å²) in [6.07, 6.45) is 1.10. The van der Waals surface area contributed by atoms with Gasteiger partial charge in [0.25, 0.3) is 0 Å². The number of aromatic hydroxyl groups is 1. The van der Waals surface area contributed by atoms with E-state index in [1.807, 2.05) is 6.07 Å². The van der Waals surface area contributed by atoms with Gasteiger partial charge in [0, 0.05) is 18.2 Å². The Hall–Kier alpha value is -2.40. The highest BCUT2D eigenvalue weighted by Gasteiger charge is 2.10. The van der Waals surface area contributed by atoms with Gasteiger partial charge in [-0.15, -0.1) is 0 Å². The van der Waals surface area contributed by atoms with Gasteiger partial charge in [-0.3, -0.25) is 4.99 Å². The summed E-state index contributed by atoms with van der Waals surface area (Å²) >= 11 is 0. The molecule has 4 nitrogen and oxygen atoms in total. The van der Waals surface area contributed by atoms with Crippen molar-refractivity contribution in [1.82, 2.24) is 0 Å². The Morgan fingerprint density at radius 1 is 1.17 bits per heavy atom. The highest BCUT2D eigenvalue weighted by molar-refractivity contribution is 6.00. The van der Waals surface area contributed by atoms with Gasteiger partial charge in [0.1, 0.15) is 17.4 Å². The lowest BCUT2D eigenvalue weighted by Crippen LogP contribution is -2.14. The predicted molar refractivity (Wildman–Crippen MR) is 94.2 cm³/mol. The molecule has 0 bridgehead atoms. The van der Waals surface area contributed by atoms with Crippen LogP contribution in [0.15, 0.2) is 41.4 Å². The molecule has 0 aliphatic carbocycles. The second-order valence-corrected chi connectivity index (χ2v) is 5.07. The van der Waals surface area contributed by atoms with Gasteiger partial charge in [-0.05, 0) is 55.3 Å². The van der Waals surface area contributed by atoms with Crippen molar-refractivity contribution in [3.63, 3.8) is 0 Å². The third-order valence-electron chi connectivity index (χ3n) is 3.36. The zero-order valence-corrected chi connectivity index (χ0v) is 13.8. The fourth-order valence-corrected chi connectivity index (χ4v) is 1.89. The maximum Gasteiger partial charge on any atom is 0.125 e. The number of phenolic OH excluding ortho intramolecular Hbond substituents is 1. The first-order valence-electron chi connectivity index (χ1n) is 7.46. The van der Waals surface area contributed by atoms with Gasteiger partial charge < -0.3 is 16.6 Å². The second kappa shape index (κ2) is 8.90. The number of hydrogen-bond donors (Lipinski definition) is 3. The molecule has 2 aromatic rings. The van der Waals surface area contributed by atoms with Crippen LogP contribution in [0.2, 0.25) is 0 Å². The zero-order valence-electron chi connectivity index (χ0n) is 13.8. The number of aliphatic imine (C=N–C) groups is 1. The summed E-state index contributed by atoms with van der Waals surface area (Å²) in [5.74, 6) is 0.204. The molecule has 0 amide bonds. The van der Waals surface area contributed by atoms with Crippen LogP contribution < -0.4 is 11.5 Å². The summed E-state index contributed by atoms with van der Waals surface area (Å²) in [6.45, 7) is 4.65. The van der Waals surface area contributed by atoms with Gasteiger partial charge in [0.15, 0.2) is 0 Å². The Morgan fingerprint density at radius 3 is 2.22 bits per heavy atom. The third-order valence-corrected chi connectivity index (χ3v) is 3.36. The maximum atomic E-state index is 12.9. The number of halogens is 1. The molecule has 0 aliphatic heterocycles. The number of hydrogen-bond acceptors (Lipinski definition) is 3. The molecular weight excluding hydrogens is 293 g/mol. The van der Waals surface area contributed by atoms with E-state index in [-0.39, 0.29) is 11.6 Å². The first kappa shape index (κ1) is 18.6. The highest BCUT2D eigenvalue weighted by Crippen LogP contribution is 2.29. The Balaban J connectivity index is 0.000000593. The van der Waals surface area contributed by atoms with Crippen molar-refractivity contribution in [1.29, 1.82) is 0 Å². The Morgan fingerprint density at radius 2 is 1.74 bits per heavy atom. The number of benzene rings is 2.